The number of hydrogen-bond donors (Lipinski definition) is 1. The van der Waals surface area contributed by atoms with Gasteiger partial charge in [0, 0.05) is 32.2 Å². The molecule has 1 saturated heterocycles. The van der Waals surface area contributed by atoms with Gasteiger partial charge in [0.1, 0.15) is 0 Å². The predicted molar refractivity (Wildman–Crippen MR) is 90.4 cm³/mol. The van der Waals surface area contributed by atoms with Crippen LogP contribution in [0.4, 0.5) is 0 Å². The Bertz CT molecular complexity index is 411. The topological polar surface area (TPSA) is 18.5 Å². The van der Waals surface area contributed by atoms with Crippen LogP contribution in [0.5, 0.6) is 0 Å². The van der Waals surface area contributed by atoms with E-state index in [9.17, 15) is 0 Å². The zero-order chi connectivity index (χ0) is 15.1. The molecule has 0 bridgehead atoms. The molecule has 1 aromatic carbocycles. The molecular weight excluding hydrogens is 258 g/mol. The van der Waals surface area contributed by atoms with Crippen LogP contribution in [-0.2, 0) is 13.1 Å². The first-order valence-electron chi connectivity index (χ1n) is 8.36. The average molecular weight is 289 g/mol. The third-order valence-corrected chi connectivity index (χ3v) is 4.26. The minimum atomic E-state index is 0.533. The van der Waals surface area contributed by atoms with Crippen molar-refractivity contribution < 1.29 is 0 Å². The second-order valence-corrected chi connectivity index (χ2v) is 6.59. The molecule has 0 aliphatic carbocycles. The van der Waals surface area contributed by atoms with Gasteiger partial charge in [0.15, 0.2) is 0 Å². The minimum Gasteiger partial charge on any atom is -0.310 e. The normalized spacial score (nSPS) is 16.2. The lowest BCUT2D eigenvalue weighted by atomic mass is 10.1. The fourth-order valence-electron chi connectivity index (χ4n) is 2.89. The predicted octanol–water partition coefficient (Wildman–Crippen LogP) is 2.71. The van der Waals surface area contributed by atoms with Gasteiger partial charge in [-0.05, 0) is 44.1 Å². The molecule has 1 fully saturated rings. The Morgan fingerprint density at radius 3 is 2.48 bits per heavy atom. The van der Waals surface area contributed by atoms with Crippen molar-refractivity contribution in [2.45, 2.75) is 45.8 Å². The van der Waals surface area contributed by atoms with Crippen LogP contribution in [0.25, 0.3) is 0 Å². The van der Waals surface area contributed by atoms with Crippen molar-refractivity contribution in [3.05, 3.63) is 35.4 Å². The molecule has 1 aromatic rings. The molecule has 0 aromatic heterocycles. The molecule has 0 amide bonds. The molecule has 1 heterocycles. The Balaban J connectivity index is 1.82. The van der Waals surface area contributed by atoms with Crippen LogP contribution in [0, 0.1) is 0 Å². The summed E-state index contributed by atoms with van der Waals surface area (Å²) in [6, 6.07) is 9.35. The third kappa shape index (κ3) is 5.77. The Hall–Kier alpha value is -0.900. The highest BCUT2D eigenvalue weighted by Crippen LogP contribution is 2.12. The molecule has 0 radical (unpaired) electrons. The number of likely N-dealkylation sites (tertiary alicyclic amines) is 1. The maximum atomic E-state index is 3.53. The van der Waals surface area contributed by atoms with E-state index in [0.717, 1.165) is 19.6 Å². The Labute approximate surface area is 130 Å². The van der Waals surface area contributed by atoms with Crippen molar-refractivity contribution in [2.75, 3.05) is 33.2 Å². The van der Waals surface area contributed by atoms with Crippen LogP contribution < -0.4 is 5.32 Å². The van der Waals surface area contributed by atoms with E-state index in [0.29, 0.717) is 6.04 Å². The molecule has 1 aliphatic rings. The molecule has 21 heavy (non-hydrogen) atoms. The molecule has 118 valence electrons. The summed E-state index contributed by atoms with van der Waals surface area (Å²) in [5.41, 5.74) is 2.88. The highest BCUT2D eigenvalue weighted by atomic mass is 15.2. The van der Waals surface area contributed by atoms with Gasteiger partial charge in [0.2, 0.25) is 0 Å². The Kier molecular flexibility index (Phi) is 6.68. The van der Waals surface area contributed by atoms with Crippen LogP contribution in [0.2, 0.25) is 0 Å². The van der Waals surface area contributed by atoms with Crippen LogP contribution in [-0.4, -0.2) is 49.1 Å². The first-order valence-corrected chi connectivity index (χ1v) is 8.36. The van der Waals surface area contributed by atoms with E-state index in [2.05, 4.69) is 60.3 Å². The van der Waals surface area contributed by atoms with Crippen molar-refractivity contribution in [1.29, 1.82) is 0 Å². The second-order valence-electron chi connectivity index (χ2n) is 6.59. The summed E-state index contributed by atoms with van der Waals surface area (Å²) in [6.07, 6.45) is 2.76. The van der Waals surface area contributed by atoms with Crippen molar-refractivity contribution in [3.8, 4) is 0 Å². The van der Waals surface area contributed by atoms with Gasteiger partial charge in [-0.3, -0.25) is 0 Å². The summed E-state index contributed by atoms with van der Waals surface area (Å²) < 4.78 is 0. The lowest BCUT2D eigenvalue weighted by Gasteiger charge is -2.22. The molecular formula is C18H31N3. The summed E-state index contributed by atoms with van der Waals surface area (Å²) in [6.45, 7) is 11.4. The van der Waals surface area contributed by atoms with Crippen LogP contribution in [0.3, 0.4) is 0 Å². The zero-order valence-electron chi connectivity index (χ0n) is 13.9. The van der Waals surface area contributed by atoms with Crippen molar-refractivity contribution in [3.63, 3.8) is 0 Å². The van der Waals surface area contributed by atoms with Gasteiger partial charge in [-0.15, -0.1) is 0 Å². The van der Waals surface area contributed by atoms with E-state index >= 15 is 0 Å². The summed E-state index contributed by atoms with van der Waals surface area (Å²) >= 11 is 0. The highest BCUT2D eigenvalue weighted by molar-refractivity contribution is 5.27. The van der Waals surface area contributed by atoms with Gasteiger partial charge in [-0.1, -0.05) is 38.1 Å². The second kappa shape index (κ2) is 8.52. The van der Waals surface area contributed by atoms with Gasteiger partial charge in [-0.2, -0.15) is 0 Å². The Morgan fingerprint density at radius 2 is 1.81 bits per heavy atom. The van der Waals surface area contributed by atoms with E-state index in [4.69, 9.17) is 0 Å². The van der Waals surface area contributed by atoms with E-state index in [-0.39, 0.29) is 0 Å². The van der Waals surface area contributed by atoms with Gasteiger partial charge in [-0.25, -0.2) is 0 Å². The fourth-order valence-corrected chi connectivity index (χ4v) is 2.89. The molecule has 0 spiro atoms. The number of likely N-dealkylation sites (N-methyl/N-ethyl adjacent to an activating group) is 1. The first-order chi connectivity index (χ1) is 10.1. The molecule has 1 aliphatic heterocycles. The average Bonchev–Trinajstić information content (AvgIpc) is 2.97. The third-order valence-electron chi connectivity index (χ3n) is 4.26. The molecule has 1 N–H and O–H groups in total. The van der Waals surface area contributed by atoms with Crippen LogP contribution in [0.1, 0.15) is 37.8 Å². The van der Waals surface area contributed by atoms with Crippen molar-refractivity contribution >= 4 is 0 Å². The van der Waals surface area contributed by atoms with Crippen LogP contribution >= 0.6 is 0 Å². The first kappa shape index (κ1) is 16.5. The Morgan fingerprint density at radius 1 is 1.14 bits per heavy atom. The molecule has 3 heteroatoms. The van der Waals surface area contributed by atoms with Gasteiger partial charge >= 0.3 is 0 Å². The molecule has 3 nitrogen and oxygen atoms in total. The van der Waals surface area contributed by atoms with Gasteiger partial charge in [0.05, 0.1) is 0 Å². The summed E-state index contributed by atoms with van der Waals surface area (Å²) in [7, 11) is 2.24. The van der Waals surface area contributed by atoms with E-state index in [1.165, 1.54) is 43.6 Å². The van der Waals surface area contributed by atoms with E-state index < -0.39 is 0 Å². The molecule has 0 atom stereocenters. The standard InChI is InChI=1S/C18H31N3/c1-16(2)19-14-17-8-4-5-9-18(17)15-20(3)12-13-21-10-6-7-11-21/h4-5,8-9,16,19H,6-7,10-15H2,1-3H3. The van der Waals surface area contributed by atoms with Crippen molar-refractivity contribution in [2.24, 2.45) is 0 Å². The molecule has 2 rings (SSSR count). The van der Waals surface area contributed by atoms with Gasteiger partial charge < -0.3 is 15.1 Å². The highest BCUT2D eigenvalue weighted by Gasteiger charge is 2.12. The molecule has 0 saturated carbocycles. The monoisotopic (exact) mass is 289 g/mol. The molecule has 0 unspecified atom stereocenters. The number of rotatable bonds is 8. The number of hydrogen-bond acceptors (Lipinski definition) is 3. The SMILES string of the molecule is CC(C)NCc1ccccc1CN(C)CCN1CCCC1. The lowest BCUT2D eigenvalue weighted by Crippen LogP contribution is -2.31. The van der Waals surface area contributed by atoms with E-state index in [1.54, 1.807) is 0 Å². The van der Waals surface area contributed by atoms with Crippen LogP contribution in [0.15, 0.2) is 24.3 Å². The number of benzene rings is 1. The zero-order valence-corrected chi connectivity index (χ0v) is 13.9. The lowest BCUT2D eigenvalue weighted by molar-refractivity contribution is 0.252. The smallest absolute Gasteiger partial charge is 0.0234 e. The number of nitrogens with zero attached hydrogens (tertiary/aromatic N) is 2. The fraction of sp³-hybridized carbons (Fsp3) is 0.667. The van der Waals surface area contributed by atoms with E-state index in [1.807, 2.05) is 0 Å². The number of nitrogens with one attached hydrogen (secondary N) is 1. The summed E-state index contributed by atoms with van der Waals surface area (Å²) in [4.78, 5) is 5.04. The maximum absolute atomic E-state index is 3.53. The largest absolute Gasteiger partial charge is 0.310 e. The summed E-state index contributed by atoms with van der Waals surface area (Å²) in [5.74, 6) is 0. The van der Waals surface area contributed by atoms with Crippen molar-refractivity contribution in [1.82, 2.24) is 15.1 Å². The van der Waals surface area contributed by atoms with Gasteiger partial charge in [0.25, 0.3) is 0 Å². The quantitative estimate of drug-likeness (QED) is 0.794. The minimum absolute atomic E-state index is 0.533. The summed E-state index contributed by atoms with van der Waals surface area (Å²) in [5, 5.41) is 3.53. The maximum Gasteiger partial charge on any atom is 0.0234 e.